The molecule has 0 saturated carbocycles. The van der Waals surface area contributed by atoms with Crippen molar-refractivity contribution in [2.75, 3.05) is 26.2 Å². The molecule has 6 nitrogen and oxygen atoms in total. The first-order valence-electron chi connectivity index (χ1n) is 12.8. The Morgan fingerprint density at radius 3 is 2.25 bits per heavy atom. The van der Waals surface area contributed by atoms with E-state index in [1.54, 1.807) is 12.1 Å². The minimum atomic E-state index is -1.71. The molecule has 0 bridgehead atoms. The van der Waals surface area contributed by atoms with Gasteiger partial charge < -0.3 is 14.6 Å². The van der Waals surface area contributed by atoms with Crippen LogP contribution < -0.4 is 9.47 Å². The Labute approximate surface area is 232 Å². The monoisotopic (exact) mass is 569 g/mol. The molecule has 3 aromatic carbocycles. The summed E-state index contributed by atoms with van der Waals surface area (Å²) in [6, 6.07) is 12.0. The lowest BCUT2D eigenvalue weighted by atomic mass is 9.97. The lowest BCUT2D eigenvalue weighted by Crippen LogP contribution is -2.33. The second kappa shape index (κ2) is 11.7. The highest BCUT2D eigenvalue weighted by Crippen LogP contribution is 2.45. The van der Waals surface area contributed by atoms with Gasteiger partial charge in [-0.25, -0.2) is 8.78 Å². The van der Waals surface area contributed by atoms with Gasteiger partial charge in [0.15, 0.2) is 17.4 Å². The first-order valence-corrected chi connectivity index (χ1v) is 13.7. The van der Waals surface area contributed by atoms with Crippen LogP contribution in [0.25, 0.3) is 20.5 Å². The molecule has 0 aliphatic carbocycles. The molecule has 208 valence electrons. The molecular formula is C30H26F3NO5S. The standard InChI is InChI=1S/C30H26F3NO5S/c1-17(35)39-28-25(32)24(31)22-23(29(40-30(22)26(28)33)19-5-9-20(36)10-6-19)27(37)18-7-11-21(12-8-18)38-16-15-34-13-3-2-4-14-34/h5-12,36H,2-4,13-16H2,1H3. The van der Waals surface area contributed by atoms with Crippen LogP contribution in [0.5, 0.6) is 17.2 Å². The number of benzene rings is 3. The van der Waals surface area contributed by atoms with Crippen molar-refractivity contribution in [2.24, 2.45) is 0 Å². The third kappa shape index (κ3) is 5.55. The molecule has 0 radical (unpaired) electrons. The van der Waals surface area contributed by atoms with Crippen LogP contribution in [0.2, 0.25) is 0 Å². The van der Waals surface area contributed by atoms with Crippen molar-refractivity contribution in [1.82, 2.24) is 4.90 Å². The Balaban J connectivity index is 1.52. The minimum Gasteiger partial charge on any atom is -0.508 e. The molecule has 1 aliphatic heterocycles. The highest BCUT2D eigenvalue weighted by molar-refractivity contribution is 7.22. The molecule has 0 atom stereocenters. The average molecular weight is 570 g/mol. The van der Waals surface area contributed by atoms with Crippen molar-refractivity contribution < 1.29 is 37.3 Å². The first kappa shape index (κ1) is 27.7. The van der Waals surface area contributed by atoms with Crippen molar-refractivity contribution in [1.29, 1.82) is 0 Å². The Hall–Kier alpha value is -3.89. The van der Waals surface area contributed by atoms with E-state index < -0.39 is 40.3 Å². The molecule has 4 aromatic rings. The maximum absolute atomic E-state index is 15.4. The zero-order valence-corrected chi connectivity index (χ0v) is 22.5. The van der Waals surface area contributed by atoms with E-state index >= 15 is 8.78 Å². The van der Waals surface area contributed by atoms with E-state index in [4.69, 9.17) is 4.74 Å². The average Bonchev–Trinajstić information content (AvgIpc) is 3.36. The molecule has 1 aromatic heterocycles. The summed E-state index contributed by atoms with van der Waals surface area (Å²) >= 11 is 0.720. The molecule has 5 rings (SSSR count). The number of ketones is 1. The molecule has 0 unspecified atom stereocenters. The molecule has 2 heterocycles. The Bertz CT molecular complexity index is 1560. The summed E-state index contributed by atoms with van der Waals surface area (Å²) in [6.45, 7) is 4.32. The first-order chi connectivity index (χ1) is 19.2. The number of carbonyl (C=O) groups excluding carboxylic acids is 2. The third-order valence-electron chi connectivity index (χ3n) is 6.76. The number of fused-ring (bicyclic) bond motifs is 1. The van der Waals surface area contributed by atoms with E-state index in [-0.39, 0.29) is 26.5 Å². The molecule has 1 N–H and O–H groups in total. The van der Waals surface area contributed by atoms with Gasteiger partial charge in [-0.15, -0.1) is 11.3 Å². The van der Waals surface area contributed by atoms with Gasteiger partial charge in [-0.05, 0) is 80.0 Å². The van der Waals surface area contributed by atoms with Crippen LogP contribution in [0.3, 0.4) is 0 Å². The Kier molecular flexibility index (Phi) is 8.09. The number of phenolic OH excluding ortho intramolecular Hbond substituents is 1. The van der Waals surface area contributed by atoms with Gasteiger partial charge in [0.25, 0.3) is 0 Å². The summed E-state index contributed by atoms with van der Waals surface area (Å²) in [7, 11) is 0. The van der Waals surface area contributed by atoms with Crippen LogP contribution in [0.15, 0.2) is 48.5 Å². The predicted octanol–water partition coefficient (Wildman–Crippen LogP) is 6.71. The number of ether oxygens (including phenoxy) is 2. The van der Waals surface area contributed by atoms with Gasteiger partial charge in [0, 0.05) is 29.3 Å². The van der Waals surface area contributed by atoms with Crippen LogP contribution in [0, 0.1) is 17.5 Å². The van der Waals surface area contributed by atoms with E-state index in [2.05, 4.69) is 9.64 Å². The normalized spacial score (nSPS) is 13.9. The zero-order chi connectivity index (χ0) is 28.4. The number of likely N-dealkylation sites (tertiary alicyclic amines) is 1. The molecule has 1 aliphatic rings. The number of piperidine rings is 1. The van der Waals surface area contributed by atoms with E-state index in [0.29, 0.717) is 17.9 Å². The maximum atomic E-state index is 15.4. The Morgan fingerprint density at radius 2 is 1.60 bits per heavy atom. The number of hydrogen-bond donors (Lipinski definition) is 1. The van der Waals surface area contributed by atoms with Crippen LogP contribution in [-0.4, -0.2) is 48.0 Å². The quantitative estimate of drug-likeness (QED) is 0.110. The number of aromatic hydroxyl groups is 1. The van der Waals surface area contributed by atoms with E-state index in [1.165, 1.54) is 55.7 Å². The molecule has 1 saturated heterocycles. The summed E-state index contributed by atoms with van der Waals surface area (Å²) < 4.78 is 55.8. The number of halogens is 3. The fourth-order valence-electron chi connectivity index (χ4n) is 4.79. The largest absolute Gasteiger partial charge is 0.508 e. The van der Waals surface area contributed by atoms with Crippen molar-refractivity contribution in [3.05, 3.63) is 77.1 Å². The fraction of sp³-hybridized carbons (Fsp3) is 0.267. The summed E-state index contributed by atoms with van der Waals surface area (Å²) in [5.41, 5.74) is 0.301. The highest BCUT2D eigenvalue weighted by Gasteiger charge is 2.31. The minimum absolute atomic E-state index is 0.0471. The molecule has 0 amide bonds. The molecule has 0 spiro atoms. The summed E-state index contributed by atoms with van der Waals surface area (Å²) in [6.07, 6.45) is 3.61. The fourth-order valence-corrected chi connectivity index (χ4v) is 6.02. The van der Waals surface area contributed by atoms with Gasteiger partial charge >= 0.3 is 5.97 Å². The number of thiophene rings is 1. The number of hydrogen-bond acceptors (Lipinski definition) is 7. The smallest absolute Gasteiger partial charge is 0.308 e. The van der Waals surface area contributed by atoms with Gasteiger partial charge in [0.2, 0.25) is 11.6 Å². The van der Waals surface area contributed by atoms with E-state index in [9.17, 15) is 19.1 Å². The topological polar surface area (TPSA) is 76.1 Å². The molecule has 10 heteroatoms. The van der Waals surface area contributed by atoms with Gasteiger partial charge in [-0.3, -0.25) is 14.5 Å². The second-order valence-electron chi connectivity index (χ2n) is 9.53. The maximum Gasteiger partial charge on any atom is 0.308 e. The van der Waals surface area contributed by atoms with Gasteiger partial charge in [0.1, 0.15) is 18.1 Å². The van der Waals surface area contributed by atoms with Gasteiger partial charge in [-0.1, -0.05) is 6.42 Å². The predicted molar refractivity (Wildman–Crippen MR) is 146 cm³/mol. The number of rotatable bonds is 8. The van der Waals surface area contributed by atoms with Crippen LogP contribution in [0.1, 0.15) is 42.1 Å². The summed E-state index contributed by atoms with van der Waals surface area (Å²) in [4.78, 5) is 27.7. The van der Waals surface area contributed by atoms with Gasteiger partial charge in [-0.2, -0.15) is 4.39 Å². The lowest BCUT2D eigenvalue weighted by molar-refractivity contribution is -0.132. The van der Waals surface area contributed by atoms with Crippen LogP contribution in [-0.2, 0) is 4.79 Å². The zero-order valence-electron chi connectivity index (χ0n) is 21.6. The summed E-state index contributed by atoms with van der Waals surface area (Å²) in [5.74, 6) is -6.84. The Morgan fingerprint density at radius 1 is 0.925 bits per heavy atom. The highest BCUT2D eigenvalue weighted by atomic mass is 32.1. The van der Waals surface area contributed by atoms with Gasteiger partial charge in [0.05, 0.1) is 10.3 Å². The van der Waals surface area contributed by atoms with Crippen molar-refractivity contribution in [3.8, 4) is 27.7 Å². The van der Waals surface area contributed by atoms with Crippen molar-refractivity contribution >= 4 is 33.2 Å². The van der Waals surface area contributed by atoms with E-state index in [1.807, 2.05) is 0 Å². The lowest BCUT2D eigenvalue weighted by Gasteiger charge is -2.26. The van der Waals surface area contributed by atoms with Crippen molar-refractivity contribution in [3.63, 3.8) is 0 Å². The second-order valence-corrected chi connectivity index (χ2v) is 10.5. The van der Waals surface area contributed by atoms with Crippen LogP contribution >= 0.6 is 11.3 Å². The third-order valence-corrected chi connectivity index (χ3v) is 7.99. The number of esters is 1. The SMILES string of the molecule is CC(=O)Oc1c(F)c(F)c2c(C(=O)c3ccc(OCCN4CCCCC4)cc3)c(-c3ccc(O)cc3)sc2c1F. The summed E-state index contributed by atoms with van der Waals surface area (Å²) in [5, 5.41) is 9.16. The molecule has 40 heavy (non-hydrogen) atoms. The molecular weight excluding hydrogens is 543 g/mol. The van der Waals surface area contributed by atoms with Crippen molar-refractivity contribution in [2.45, 2.75) is 26.2 Å². The van der Waals surface area contributed by atoms with E-state index in [0.717, 1.165) is 37.9 Å². The number of nitrogens with zero attached hydrogens (tertiary/aromatic N) is 1. The molecule has 1 fully saturated rings. The number of phenols is 1. The van der Waals surface area contributed by atoms with Crippen LogP contribution in [0.4, 0.5) is 13.2 Å². The number of carbonyl (C=O) groups is 2.